The summed E-state index contributed by atoms with van der Waals surface area (Å²) in [5.41, 5.74) is 6.66. The number of allylic oxidation sites excluding steroid dienone is 2. The normalized spacial score (nSPS) is 18.4. The molecule has 0 fully saturated rings. The fourth-order valence-electron chi connectivity index (χ4n) is 5.77. The Labute approximate surface area is 230 Å². The molecule has 0 heterocycles. The summed E-state index contributed by atoms with van der Waals surface area (Å²) in [5.74, 6) is -0.307. The highest BCUT2D eigenvalue weighted by atomic mass is 16.4. The summed E-state index contributed by atoms with van der Waals surface area (Å²) in [4.78, 5) is 10.9. The maximum absolute atomic E-state index is 10.9. The number of rotatable bonds is 16. The number of aliphatic hydroxyl groups excluding tert-OH is 3. The lowest BCUT2D eigenvalue weighted by molar-refractivity contribution is -0.137. The van der Waals surface area contributed by atoms with E-state index in [1.165, 1.54) is 27.8 Å². The lowest BCUT2D eigenvalue weighted by atomic mass is 9.80. The first-order valence-electron chi connectivity index (χ1n) is 15.0. The van der Waals surface area contributed by atoms with Crippen LogP contribution >= 0.6 is 0 Å². The molecule has 0 radical (unpaired) electrons. The Kier molecular flexibility index (Phi) is 15.6. The van der Waals surface area contributed by atoms with Crippen molar-refractivity contribution in [1.82, 2.24) is 0 Å². The predicted octanol–water partition coefficient (Wildman–Crippen LogP) is 6.71. The van der Waals surface area contributed by atoms with E-state index in [1.807, 2.05) is 6.08 Å². The SMILES string of the molecule is CCCCC[C@H](O)C=CC1=C(C[C@H](O)CO)C[C@H](CCCCCC(=O)O)CCc2c(CC)cccc2CC1. The number of aliphatic carboxylic acids is 1. The zero-order chi connectivity index (χ0) is 27.8. The number of benzene rings is 1. The molecule has 0 aromatic heterocycles. The van der Waals surface area contributed by atoms with Gasteiger partial charge in [0.25, 0.3) is 0 Å². The summed E-state index contributed by atoms with van der Waals surface area (Å²) in [6.07, 6.45) is 16.8. The summed E-state index contributed by atoms with van der Waals surface area (Å²) in [6.45, 7) is 4.12. The van der Waals surface area contributed by atoms with Crippen LogP contribution in [-0.4, -0.2) is 45.2 Å². The van der Waals surface area contributed by atoms with Crippen LogP contribution in [0.15, 0.2) is 41.5 Å². The van der Waals surface area contributed by atoms with Gasteiger partial charge in [-0.2, -0.15) is 0 Å². The molecule has 0 amide bonds. The maximum Gasteiger partial charge on any atom is 0.303 e. The minimum atomic E-state index is -0.791. The third-order valence-corrected chi connectivity index (χ3v) is 8.03. The number of carboxylic acid groups (broad SMARTS) is 1. The predicted molar refractivity (Wildman–Crippen MR) is 155 cm³/mol. The number of aliphatic hydroxyl groups is 3. The van der Waals surface area contributed by atoms with Gasteiger partial charge in [0.1, 0.15) is 0 Å². The van der Waals surface area contributed by atoms with Crippen molar-refractivity contribution in [3.8, 4) is 0 Å². The molecule has 214 valence electrons. The molecule has 0 spiro atoms. The summed E-state index contributed by atoms with van der Waals surface area (Å²) < 4.78 is 0. The number of fused-ring (bicyclic) bond motifs is 1. The van der Waals surface area contributed by atoms with E-state index >= 15 is 0 Å². The molecule has 1 aromatic carbocycles. The topological polar surface area (TPSA) is 98.0 Å². The van der Waals surface area contributed by atoms with E-state index < -0.39 is 18.2 Å². The molecule has 5 nitrogen and oxygen atoms in total. The fraction of sp³-hybridized carbons (Fsp3) is 0.667. The van der Waals surface area contributed by atoms with Crippen molar-refractivity contribution >= 4 is 5.97 Å². The molecule has 2 rings (SSSR count). The fourth-order valence-corrected chi connectivity index (χ4v) is 5.77. The Morgan fingerprint density at radius 3 is 2.58 bits per heavy atom. The van der Waals surface area contributed by atoms with E-state index in [4.69, 9.17) is 5.11 Å². The molecule has 38 heavy (non-hydrogen) atoms. The average Bonchev–Trinajstić information content (AvgIpc) is 2.90. The average molecular weight is 529 g/mol. The molecule has 0 saturated heterocycles. The molecule has 5 heteroatoms. The first-order valence-corrected chi connectivity index (χ1v) is 15.0. The van der Waals surface area contributed by atoms with Crippen LogP contribution in [0.3, 0.4) is 0 Å². The zero-order valence-corrected chi connectivity index (χ0v) is 23.8. The molecule has 0 unspecified atom stereocenters. The summed E-state index contributed by atoms with van der Waals surface area (Å²) >= 11 is 0. The second kappa shape index (κ2) is 18.4. The Morgan fingerprint density at radius 2 is 1.87 bits per heavy atom. The van der Waals surface area contributed by atoms with Gasteiger partial charge in [-0.05, 0) is 86.0 Å². The molecular formula is C33H52O5. The Balaban J connectivity index is 2.36. The standard InChI is InChI=1S/C33H52O5/c1-3-5-7-14-30(35)20-19-27-17-18-28-13-10-12-26(4-2)32(28)21-16-25(11-8-6-9-15-33(37)38)22-29(27)23-31(36)24-34/h10,12-13,19-20,25,30-31,34-36H,3-9,11,14-18,21-24H2,1-2H3,(H,37,38)/t25-,30+,31+/m1/s1. The van der Waals surface area contributed by atoms with Gasteiger partial charge in [0.05, 0.1) is 18.8 Å². The van der Waals surface area contributed by atoms with Gasteiger partial charge in [0, 0.05) is 6.42 Å². The number of carbonyl (C=O) groups is 1. The minimum absolute atomic E-state index is 0.223. The summed E-state index contributed by atoms with van der Waals surface area (Å²) in [7, 11) is 0. The van der Waals surface area contributed by atoms with E-state index in [0.29, 0.717) is 18.8 Å². The molecular weight excluding hydrogens is 476 g/mol. The molecule has 0 aliphatic heterocycles. The highest BCUT2D eigenvalue weighted by molar-refractivity contribution is 5.66. The highest BCUT2D eigenvalue weighted by Gasteiger charge is 2.20. The quantitative estimate of drug-likeness (QED) is 0.179. The Bertz CT molecular complexity index is 887. The first-order chi connectivity index (χ1) is 18.4. The van der Waals surface area contributed by atoms with Crippen molar-refractivity contribution in [2.45, 2.75) is 129 Å². The van der Waals surface area contributed by atoms with Crippen LogP contribution in [0.2, 0.25) is 0 Å². The third kappa shape index (κ3) is 11.8. The van der Waals surface area contributed by atoms with Gasteiger partial charge in [-0.1, -0.05) is 88.3 Å². The smallest absolute Gasteiger partial charge is 0.303 e. The van der Waals surface area contributed by atoms with E-state index in [-0.39, 0.29) is 13.0 Å². The molecule has 0 bridgehead atoms. The lowest BCUT2D eigenvalue weighted by Crippen LogP contribution is -2.17. The van der Waals surface area contributed by atoms with Crippen LogP contribution in [-0.2, 0) is 24.1 Å². The second-order valence-electron chi connectivity index (χ2n) is 11.1. The van der Waals surface area contributed by atoms with Gasteiger partial charge in [-0.25, -0.2) is 0 Å². The first kappa shape index (κ1) is 32.3. The Morgan fingerprint density at radius 1 is 1.05 bits per heavy atom. The van der Waals surface area contributed by atoms with E-state index in [2.05, 4.69) is 38.1 Å². The van der Waals surface area contributed by atoms with Crippen molar-refractivity contribution < 1.29 is 25.2 Å². The monoisotopic (exact) mass is 528 g/mol. The second-order valence-corrected chi connectivity index (χ2v) is 11.1. The number of hydrogen-bond acceptors (Lipinski definition) is 4. The van der Waals surface area contributed by atoms with E-state index in [9.17, 15) is 20.1 Å². The Hall–Kier alpha value is -1.95. The lowest BCUT2D eigenvalue weighted by Gasteiger charge is -2.26. The van der Waals surface area contributed by atoms with Gasteiger partial charge in [-0.15, -0.1) is 0 Å². The van der Waals surface area contributed by atoms with Gasteiger partial charge in [0.2, 0.25) is 0 Å². The third-order valence-electron chi connectivity index (χ3n) is 8.03. The van der Waals surface area contributed by atoms with Crippen LogP contribution in [0.4, 0.5) is 0 Å². The van der Waals surface area contributed by atoms with Gasteiger partial charge in [-0.3, -0.25) is 4.79 Å². The number of unbranched alkanes of at least 4 members (excludes halogenated alkanes) is 4. The number of hydrogen-bond donors (Lipinski definition) is 4. The van der Waals surface area contributed by atoms with Crippen LogP contribution in [0.5, 0.6) is 0 Å². The molecule has 0 saturated carbocycles. The minimum Gasteiger partial charge on any atom is -0.481 e. The van der Waals surface area contributed by atoms with Gasteiger partial charge < -0.3 is 20.4 Å². The molecule has 1 aromatic rings. The van der Waals surface area contributed by atoms with Crippen LogP contribution in [0, 0.1) is 5.92 Å². The highest BCUT2D eigenvalue weighted by Crippen LogP contribution is 2.33. The van der Waals surface area contributed by atoms with Crippen molar-refractivity contribution in [2.24, 2.45) is 5.92 Å². The molecule has 4 N–H and O–H groups in total. The van der Waals surface area contributed by atoms with E-state index in [1.54, 1.807) is 0 Å². The van der Waals surface area contributed by atoms with Crippen LogP contribution < -0.4 is 0 Å². The van der Waals surface area contributed by atoms with Crippen molar-refractivity contribution in [3.05, 3.63) is 58.2 Å². The van der Waals surface area contributed by atoms with Crippen molar-refractivity contribution in [2.75, 3.05) is 6.61 Å². The van der Waals surface area contributed by atoms with Crippen molar-refractivity contribution in [3.63, 3.8) is 0 Å². The van der Waals surface area contributed by atoms with Crippen molar-refractivity contribution in [1.29, 1.82) is 0 Å². The molecule has 3 atom stereocenters. The molecule has 1 aliphatic rings. The van der Waals surface area contributed by atoms with Gasteiger partial charge in [0.15, 0.2) is 0 Å². The van der Waals surface area contributed by atoms with Crippen LogP contribution in [0.25, 0.3) is 0 Å². The molecule has 1 aliphatic carbocycles. The summed E-state index contributed by atoms with van der Waals surface area (Å²) in [5, 5.41) is 39.6. The van der Waals surface area contributed by atoms with Gasteiger partial charge >= 0.3 is 5.97 Å². The summed E-state index contributed by atoms with van der Waals surface area (Å²) in [6, 6.07) is 6.66. The largest absolute Gasteiger partial charge is 0.481 e. The number of carboxylic acids is 1. The van der Waals surface area contributed by atoms with Crippen LogP contribution in [0.1, 0.15) is 114 Å². The maximum atomic E-state index is 10.9. The zero-order valence-electron chi connectivity index (χ0n) is 23.8. The van der Waals surface area contributed by atoms with E-state index in [0.717, 1.165) is 83.5 Å². The number of aryl methyl sites for hydroxylation is 2.